The van der Waals surface area contributed by atoms with E-state index in [1.807, 2.05) is 0 Å². The van der Waals surface area contributed by atoms with E-state index in [0.717, 1.165) is 17.4 Å². The van der Waals surface area contributed by atoms with Crippen LogP contribution in [0.15, 0.2) is 53.0 Å². The van der Waals surface area contributed by atoms with Crippen LogP contribution in [-0.2, 0) is 6.42 Å². The Kier molecular flexibility index (Phi) is 5.17. The molecule has 0 aromatic heterocycles. The molecule has 0 heterocycles. The molecule has 2 aromatic carbocycles. The molecule has 1 nitrogen and oxygen atoms in total. The van der Waals surface area contributed by atoms with Gasteiger partial charge in [-0.05, 0) is 48.7 Å². The highest BCUT2D eigenvalue weighted by Gasteiger charge is 2.13. The van der Waals surface area contributed by atoms with Gasteiger partial charge in [-0.15, -0.1) is 0 Å². The van der Waals surface area contributed by atoms with Crippen LogP contribution < -0.4 is 5.32 Å². The zero-order valence-electron chi connectivity index (χ0n) is 11.5. The summed E-state index contributed by atoms with van der Waals surface area (Å²) < 4.78 is 1.14. The Morgan fingerprint density at radius 2 is 1.84 bits per heavy atom. The summed E-state index contributed by atoms with van der Waals surface area (Å²) in [5.74, 6) is 0. The summed E-state index contributed by atoms with van der Waals surface area (Å²) in [6, 6.07) is 17.5. The first kappa shape index (κ1) is 14.3. The van der Waals surface area contributed by atoms with Gasteiger partial charge in [-0.1, -0.05) is 59.3 Å². The molecular weight excluding hydrogens is 298 g/mol. The zero-order chi connectivity index (χ0) is 13.7. The Labute approximate surface area is 124 Å². The molecule has 100 valence electrons. The highest BCUT2D eigenvalue weighted by Crippen LogP contribution is 2.25. The van der Waals surface area contributed by atoms with Gasteiger partial charge in [0.15, 0.2) is 0 Å². The molecule has 2 rings (SSSR count). The quantitative estimate of drug-likeness (QED) is 0.846. The topological polar surface area (TPSA) is 12.0 Å². The molecule has 0 aliphatic heterocycles. The molecule has 0 saturated carbocycles. The molecular formula is C17H20BrN. The maximum absolute atomic E-state index is 3.59. The van der Waals surface area contributed by atoms with E-state index in [2.05, 4.69) is 83.6 Å². The van der Waals surface area contributed by atoms with Crippen LogP contribution in [0.3, 0.4) is 0 Å². The van der Waals surface area contributed by atoms with Crippen molar-refractivity contribution in [2.75, 3.05) is 6.54 Å². The van der Waals surface area contributed by atoms with Crippen molar-refractivity contribution in [3.8, 4) is 0 Å². The van der Waals surface area contributed by atoms with Crippen molar-refractivity contribution in [2.45, 2.75) is 26.3 Å². The Hall–Kier alpha value is -1.12. The largest absolute Gasteiger partial charge is 0.310 e. The van der Waals surface area contributed by atoms with E-state index in [1.54, 1.807) is 0 Å². The van der Waals surface area contributed by atoms with Crippen LogP contribution in [0.1, 0.15) is 29.7 Å². The molecule has 1 atom stereocenters. The average molecular weight is 318 g/mol. The highest BCUT2D eigenvalue weighted by atomic mass is 79.9. The third-order valence-corrected chi connectivity index (χ3v) is 3.84. The minimum atomic E-state index is 0.366. The SMILES string of the molecule is CCNC(Cc1ccccc1)c1cc(Br)ccc1C. The normalized spacial score (nSPS) is 12.4. The predicted molar refractivity (Wildman–Crippen MR) is 85.4 cm³/mol. The number of benzene rings is 2. The second-order valence-corrected chi connectivity index (χ2v) is 5.72. The first-order valence-electron chi connectivity index (χ1n) is 6.74. The number of aryl methyl sites for hydroxylation is 1. The molecule has 0 amide bonds. The van der Waals surface area contributed by atoms with E-state index in [1.165, 1.54) is 16.7 Å². The summed E-state index contributed by atoms with van der Waals surface area (Å²) in [6.45, 7) is 5.31. The maximum atomic E-state index is 3.59. The lowest BCUT2D eigenvalue weighted by molar-refractivity contribution is 0.547. The molecule has 0 aliphatic carbocycles. The van der Waals surface area contributed by atoms with Crippen molar-refractivity contribution < 1.29 is 0 Å². The Bertz CT molecular complexity index is 522. The van der Waals surface area contributed by atoms with Crippen molar-refractivity contribution in [3.05, 3.63) is 69.7 Å². The second kappa shape index (κ2) is 6.88. The van der Waals surface area contributed by atoms with Crippen molar-refractivity contribution in [1.29, 1.82) is 0 Å². The van der Waals surface area contributed by atoms with E-state index in [9.17, 15) is 0 Å². The molecule has 1 N–H and O–H groups in total. The summed E-state index contributed by atoms with van der Waals surface area (Å²) in [5.41, 5.74) is 4.08. The van der Waals surface area contributed by atoms with E-state index in [0.29, 0.717) is 6.04 Å². The van der Waals surface area contributed by atoms with Gasteiger partial charge in [-0.3, -0.25) is 0 Å². The summed E-state index contributed by atoms with van der Waals surface area (Å²) in [5, 5.41) is 3.59. The number of nitrogens with one attached hydrogen (secondary N) is 1. The zero-order valence-corrected chi connectivity index (χ0v) is 13.1. The maximum Gasteiger partial charge on any atom is 0.0363 e. The Morgan fingerprint density at radius 3 is 2.53 bits per heavy atom. The van der Waals surface area contributed by atoms with Crippen LogP contribution in [0.4, 0.5) is 0 Å². The van der Waals surface area contributed by atoms with E-state index in [4.69, 9.17) is 0 Å². The van der Waals surface area contributed by atoms with Crippen molar-refractivity contribution >= 4 is 15.9 Å². The van der Waals surface area contributed by atoms with Gasteiger partial charge in [0.25, 0.3) is 0 Å². The lowest BCUT2D eigenvalue weighted by Gasteiger charge is -2.21. The molecule has 2 aromatic rings. The lowest BCUT2D eigenvalue weighted by atomic mass is 9.95. The molecule has 0 fully saturated rings. The molecule has 1 unspecified atom stereocenters. The van der Waals surface area contributed by atoms with Gasteiger partial charge >= 0.3 is 0 Å². The summed E-state index contributed by atoms with van der Waals surface area (Å²) in [6.07, 6.45) is 1.02. The molecule has 0 saturated heterocycles. The van der Waals surface area contributed by atoms with Gasteiger partial charge in [0.2, 0.25) is 0 Å². The predicted octanol–water partition coefficient (Wildman–Crippen LogP) is 4.65. The van der Waals surface area contributed by atoms with Crippen LogP contribution >= 0.6 is 15.9 Å². The van der Waals surface area contributed by atoms with Gasteiger partial charge in [-0.2, -0.15) is 0 Å². The smallest absolute Gasteiger partial charge is 0.0363 e. The molecule has 0 radical (unpaired) electrons. The first-order valence-corrected chi connectivity index (χ1v) is 7.53. The number of hydrogen-bond acceptors (Lipinski definition) is 1. The van der Waals surface area contributed by atoms with Crippen LogP contribution in [0.2, 0.25) is 0 Å². The number of halogens is 1. The second-order valence-electron chi connectivity index (χ2n) is 4.80. The third-order valence-electron chi connectivity index (χ3n) is 3.35. The molecule has 0 bridgehead atoms. The van der Waals surface area contributed by atoms with Crippen LogP contribution in [-0.4, -0.2) is 6.54 Å². The monoisotopic (exact) mass is 317 g/mol. The first-order chi connectivity index (χ1) is 9.20. The fraction of sp³-hybridized carbons (Fsp3) is 0.294. The molecule has 0 aliphatic rings. The van der Waals surface area contributed by atoms with Crippen LogP contribution in [0, 0.1) is 6.92 Å². The summed E-state index contributed by atoms with van der Waals surface area (Å²) >= 11 is 3.57. The van der Waals surface area contributed by atoms with Gasteiger partial charge in [0.05, 0.1) is 0 Å². The third kappa shape index (κ3) is 3.92. The summed E-state index contributed by atoms with van der Waals surface area (Å²) in [4.78, 5) is 0. The lowest BCUT2D eigenvalue weighted by Crippen LogP contribution is -2.23. The fourth-order valence-electron chi connectivity index (χ4n) is 2.38. The number of hydrogen-bond donors (Lipinski definition) is 1. The molecule has 0 spiro atoms. The van der Waals surface area contributed by atoms with Gasteiger partial charge in [0, 0.05) is 10.5 Å². The van der Waals surface area contributed by atoms with Gasteiger partial charge in [0.1, 0.15) is 0 Å². The van der Waals surface area contributed by atoms with Crippen LogP contribution in [0.5, 0.6) is 0 Å². The van der Waals surface area contributed by atoms with E-state index < -0.39 is 0 Å². The standard InChI is InChI=1S/C17H20BrN/c1-3-19-17(11-14-7-5-4-6-8-14)16-12-15(18)10-9-13(16)2/h4-10,12,17,19H,3,11H2,1-2H3. The van der Waals surface area contributed by atoms with Crippen molar-refractivity contribution in [1.82, 2.24) is 5.32 Å². The van der Waals surface area contributed by atoms with E-state index in [-0.39, 0.29) is 0 Å². The summed E-state index contributed by atoms with van der Waals surface area (Å²) in [7, 11) is 0. The van der Waals surface area contributed by atoms with Crippen molar-refractivity contribution in [2.24, 2.45) is 0 Å². The number of likely N-dealkylation sites (N-methyl/N-ethyl adjacent to an activating group) is 1. The number of rotatable bonds is 5. The van der Waals surface area contributed by atoms with Gasteiger partial charge in [-0.25, -0.2) is 0 Å². The van der Waals surface area contributed by atoms with Crippen LogP contribution in [0.25, 0.3) is 0 Å². The Balaban J connectivity index is 2.27. The van der Waals surface area contributed by atoms with Crippen molar-refractivity contribution in [3.63, 3.8) is 0 Å². The average Bonchev–Trinajstić information content (AvgIpc) is 2.42. The molecule has 19 heavy (non-hydrogen) atoms. The fourth-order valence-corrected chi connectivity index (χ4v) is 2.75. The highest BCUT2D eigenvalue weighted by molar-refractivity contribution is 9.10. The van der Waals surface area contributed by atoms with Gasteiger partial charge < -0.3 is 5.32 Å². The Morgan fingerprint density at radius 1 is 1.11 bits per heavy atom. The van der Waals surface area contributed by atoms with E-state index >= 15 is 0 Å². The molecule has 2 heteroatoms. The minimum Gasteiger partial charge on any atom is -0.310 e. The minimum absolute atomic E-state index is 0.366.